The van der Waals surface area contributed by atoms with Crippen molar-refractivity contribution in [2.45, 2.75) is 6.10 Å². The summed E-state index contributed by atoms with van der Waals surface area (Å²) < 4.78 is 11.7. The Morgan fingerprint density at radius 2 is 2.07 bits per heavy atom. The van der Waals surface area contributed by atoms with Crippen LogP contribution in [0, 0.1) is 0 Å². The highest BCUT2D eigenvalue weighted by atomic mass is 19.1. The predicted molar refractivity (Wildman–Crippen MR) is 50.4 cm³/mol. The third kappa shape index (κ3) is 3.14. The Kier molecular flexibility index (Phi) is 4.07. The van der Waals surface area contributed by atoms with Crippen molar-refractivity contribution in [1.82, 2.24) is 5.32 Å². The lowest BCUT2D eigenvalue weighted by molar-refractivity contribution is -0.122. The van der Waals surface area contributed by atoms with E-state index in [0.29, 0.717) is 5.56 Å². The Bertz CT molecular complexity index is 289. The van der Waals surface area contributed by atoms with Crippen LogP contribution in [-0.4, -0.2) is 24.2 Å². The Labute approximate surface area is 81.6 Å². The molecule has 1 atom stereocenters. The first kappa shape index (κ1) is 10.7. The van der Waals surface area contributed by atoms with Crippen LogP contribution in [-0.2, 0) is 4.79 Å². The first-order valence-electron chi connectivity index (χ1n) is 4.29. The quantitative estimate of drug-likeness (QED) is 0.750. The van der Waals surface area contributed by atoms with Crippen LogP contribution in [0.3, 0.4) is 0 Å². The number of hydrogen-bond acceptors (Lipinski definition) is 2. The maximum Gasteiger partial charge on any atom is 0.251 e. The fourth-order valence-corrected chi connectivity index (χ4v) is 1.05. The van der Waals surface area contributed by atoms with E-state index in [1.165, 1.54) is 0 Å². The van der Waals surface area contributed by atoms with Crippen molar-refractivity contribution in [2.24, 2.45) is 0 Å². The largest absolute Gasteiger partial charge is 0.387 e. The summed E-state index contributed by atoms with van der Waals surface area (Å²) in [7, 11) is 0. The average Bonchev–Trinajstić information content (AvgIpc) is 2.26. The van der Waals surface area contributed by atoms with Gasteiger partial charge in [-0.3, -0.25) is 4.79 Å². The second-order valence-electron chi connectivity index (χ2n) is 2.86. The first-order chi connectivity index (χ1) is 6.74. The van der Waals surface area contributed by atoms with E-state index in [0.717, 1.165) is 0 Å². The summed E-state index contributed by atoms with van der Waals surface area (Å²) in [6.07, 6.45) is -0.785. The van der Waals surface area contributed by atoms with Gasteiger partial charge in [0.05, 0.1) is 6.10 Å². The van der Waals surface area contributed by atoms with Crippen molar-refractivity contribution in [3.8, 4) is 0 Å². The molecule has 0 aliphatic rings. The maximum absolute atomic E-state index is 11.7. The lowest BCUT2D eigenvalue weighted by atomic mass is 10.1. The predicted octanol–water partition coefficient (Wildman–Crippen LogP) is 0.806. The molecule has 0 fully saturated rings. The minimum Gasteiger partial charge on any atom is -0.387 e. The van der Waals surface area contributed by atoms with Gasteiger partial charge in [0.1, 0.15) is 0 Å². The second kappa shape index (κ2) is 5.34. The van der Waals surface area contributed by atoms with Crippen LogP contribution >= 0.6 is 0 Å². The van der Waals surface area contributed by atoms with Gasteiger partial charge < -0.3 is 10.4 Å². The number of rotatable bonds is 4. The van der Waals surface area contributed by atoms with Crippen molar-refractivity contribution in [1.29, 1.82) is 0 Å². The van der Waals surface area contributed by atoms with E-state index in [1.807, 2.05) is 6.07 Å². The van der Waals surface area contributed by atoms with Gasteiger partial charge in [0, 0.05) is 6.54 Å². The fraction of sp³-hybridized carbons (Fsp3) is 0.300. The van der Waals surface area contributed by atoms with Gasteiger partial charge in [-0.15, -0.1) is 0 Å². The van der Waals surface area contributed by atoms with E-state index in [2.05, 4.69) is 5.32 Å². The number of amides is 1. The zero-order valence-electron chi connectivity index (χ0n) is 7.61. The van der Waals surface area contributed by atoms with Gasteiger partial charge >= 0.3 is 0 Å². The Hall–Kier alpha value is -1.42. The Morgan fingerprint density at radius 3 is 2.64 bits per heavy atom. The smallest absolute Gasteiger partial charge is 0.251 e. The van der Waals surface area contributed by atoms with E-state index in [1.54, 1.807) is 24.3 Å². The first-order valence-corrected chi connectivity index (χ1v) is 4.29. The third-order valence-corrected chi connectivity index (χ3v) is 1.80. The maximum atomic E-state index is 11.7. The van der Waals surface area contributed by atoms with Crippen LogP contribution < -0.4 is 5.32 Å². The third-order valence-electron chi connectivity index (χ3n) is 1.80. The Morgan fingerprint density at radius 1 is 1.43 bits per heavy atom. The lowest BCUT2D eigenvalue weighted by Gasteiger charge is -2.10. The van der Waals surface area contributed by atoms with E-state index >= 15 is 0 Å². The van der Waals surface area contributed by atoms with E-state index < -0.39 is 18.7 Å². The molecule has 0 saturated heterocycles. The highest BCUT2D eigenvalue weighted by Crippen LogP contribution is 2.10. The summed E-state index contributed by atoms with van der Waals surface area (Å²) >= 11 is 0. The van der Waals surface area contributed by atoms with Gasteiger partial charge in [-0.25, -0.2) is 4.39 Å². The molecule has 0 heterocycles. The topological polar surface area (TPSA) is 49.3 Å². The van der Waals surface area contributed by atoms with E-state index in [4.69, 9.17) is 0 Å². The minimum atomic E-state index is -1.05. The lowest BCUT2D eigenvalue weighted by Crippen LogP contribution is -2.29. The summed E-state index contributed by atoms with van der Waals surface area (Å²) in [6.45, 7) is -1.02. The molecule has 0 aromatic heterocycles. The molecule has 0 bridgehead atoms. The number of aliphatic hydroxyl groups is 1. The number of alkyl halides is 1. The van der Waals surface area contributed by atoms with Crippen molar-refractivity contribution < 1.29 is 14.3 Å². The number of benzene rings is 1. The van der Waals surface area contributed by atoms with Crippen LogP contribution in [0.1, 0.15) is 11.7 Å². The zero-order valence-corrected chi connectivity index (χ0v) is 7.61. The molecule has 0 radical (unpaired) electrons. The second-order valence-corrected chi connectivity index (χ2v) is 2.86. The molecule has 76 valence electrons. The van der Waals surface area contributed by atoms with Crippen molar-refractivity contribution in [3.05, 3.63) is 35.9 Å². The standard InChI is InChI=1S/C10H12FNO2/c11-6-10(14)12-7-9(13)8-4-2-1-3-5-8/h1-5,9,13H,6-7H2,(H,12,14). The van der Waals surface area contributed by atoms with Crippen molar-refractivity contribution in [3.63, 3.8) is 0 Å². The Balaban J connectivity index is 2.43. The molecule has 0 saturated carbocycles. The molecule has 0 spiro atoms. The van der Waals surface area contributed by atoms with Gasteiger partial charge in [0.2, 0.25) is 0 Å². The molecule has 14 heavy (non-hydrogen) atoms. The number of halogens is 1. The molecular formula is C10H12FNO2. The highest BCUT2D eigenvalue weighted by molar-refractivity contribution is 5.76. The number of carbonyl (C=O) groups excluding carboxylic acids is 1. The van der Waals surface area contributed by atoms with Gasteiger partial charge in [-0.2, -0.15) is 0 Å². The van der Waals surface area contributed by atoms with Crippen LogP contribution in [0.2, 0.25) is 0 Å². The molecule has 0 aliphatic carbocycles. The van der Waals surface area contributed by atoms with E-state index in [-0.39, 0.29) is 6.54 Å². The van der Waals surface area contributed by atoms with Gasteiger partial charge in [-0.05, 0) is 5.56 Å². The summed E-state index contributed by atoms with van der Waals surface area (Å²) in [6, 6.07) is 8.89. The molecular weight excluding hydrogens is 185 g/mol. The van der Waals surface area contributed by atoms with Crippen molar-refractivity contribution in [2.75, 3.05) is 13.2 Å². The molecule has 3 nitrogen and oxygen atoms in total. The highest BCUT2D eigenvalue weighted by Gasteiger charge is 2.07. The molecule has 1 unspecified atom stereocenters. The van der Waals surface area contributed by atoms with Gasteiger partial charge in [-0.1, -0.05) is 30.3 Å². The van der Waals surface area contributed by atoms with Gasteiger partial charge in [0.25, 0.3) is 5.91 Å². The summed E-state index contributed by atoms with van der Waals surface area (Å²) in [5.41, 5.74) is 0.701. The zero-order chi connectivity index (χ0) is 10.4. The molecule has 1 aromatic rings. The number of hydrogen-bond donors (Lipinski definition) is 2. The fourth-order valence-electron chi connectivity index (χ4n) is 1.05. The summed E-state index contributed by atoms with van der Waals surface area (Å²) in [5, 5.41) is 11.8. The van der Waals surface area contributed by atoms with Crippen molar-refractivity contribution >= 4 is 5.91 Å². The van der Waals surface area contributed by atoms with Gasteiger partial charge in [0.15, 0.2) is 6.67 Å². The van der Waals surface area contributed by atoms with Crippen LogP contribution in [0.4, 0.5) is 4.39 Å². The number of nitrogens with one attached hydrogen (secondary N) is 1. The number of aliphatic hydroxyl groups excluding tert-OH is 1. The molecule has 0 aliphatic heterocycles. The normalized spacial score (nSPS) is 12.1. The van der Waals surface area contributed by atoms with Crippen LogP contribution in [0.15, 0.2) is 30.3 Å². The SMILES string of the molecule is O=C(CF)NCC(O)c1ccccc1. The van der Waals surface area contributed by atoms with Crippen LogP contribution in [0.25, 0.3) is 0 Å². The average molecular weight is 197 g/mol. The molecule has 2 N–H and O–H groups in total. The monoisotopic (exact) mass is 197 g/mol. The summed E-state index contributed by atoms with van der Waals surface area (Å²) in [4.78, 5) is 10.6. The molecule has 1 amide bonds. The molecule has 1 rings (SSSR count). The molecule has 1 aromatic carbocycles. The summed E-state index contributed by atoms with van der Waals surface area (Å²) in [5.74, 6) is -0.708. The molecule has 4 heteroatoms. The minimum absolute atomic E-state index is 0.0345. The number of carbonyl (C=O) groups is 1. The van der Waals surface area contributed by atoms with Crippen LogP contribution in [0.5, 0.6) is 0 Å². The van der Waals surface area contributed by atoms with E-state index in [9.17, 15) is 14.3 Å².